The van der Waals surface area contributed by atoms with E-state index in [1.54, 1.807) is 18.2 Å². The second-order valence-electron chi connectivity index (χ2n) is 3.70. The molecule has 0 atom stereocenters. The summed E-state index contributed by atoms with van der Waals surface area (Å²) < 4.78 is 0. The Balaban J connectivity index is 2.36. The largest absolute Gasteiger partial charge is 0.450 e. The monoisotopic (exact) mass is 224 g/mol. The lowest BCUT2D eigenvalue weighted by Gasteiger charge is -2.04. The molecule has 2 aromatic rings. The summed E-state index contributed by atoms with van der Waals surface area (Å²) in [6, 6.07) is 14.5. The van der Waals surface area contributed by atoms with Crippen LogP contribution in [0.5, 0.6) is 0 Å². The molecule has 0 bridgehead atoms. The van der Waals surface area contributed by atoms with Gasteiger partial charge in [0.25, 0.3) is 0 Å². The zero-order chi connectivity index (χ0) is 12.3. The Morgan fingerprint density at radius 3 is 2.35 bits per heavy atom. The Labute approximate surface area is 100 Å². The molecule has 2 rings (SSSR count). The Hall–Kier alpha value is -2.07. The average Bonchev–Trinajstić information content (AvgIpc) is 2.39. The van der Waals surface area contributed by atoms with Gasteiger partial charge in [-0.2, -0.15) is 0 Å². The van der Waals surface area contributed by atoms with Crippen molar-refractivity contribution in [1.29, 1.82) is 0 Å². The summed E-state index contributed by atoms with van der Waals surface area (Å²) in [6.07, 6.45) is 0. The lowest BCUT2D eigenvalue weighted by atomic mass is 9.86. The molecule has 0 fully saturated rings. The predicted octanol–water partition coefficient (Wildman–Crippen LogP) is 0.689. The molecule has 1 radical (unpaired) electrons. The Bertz CT molecular complexity index is 537. The van der Waals surface area contributed by atoms with Crippen molar-refractivity contribution in [3.63, 3.8) is 0 Å². The third kappa shape index (κ3) is 2.54. The van der Waals surface area contributed by atoms with E-state index in [4.69, 9.17) is 10.8 Å². The van der Waals surface area contributed by atoms with Gasteiger partial charge in [0.05, 0.1) is 0 Å². The van der Waals surface area contributed by atoms with Gasteiger partial charge in [0.15, 0.2) is 0 Å². The standard InChI is InChI=1S/C13H11BNO2/c15-13(16)10-6-4-9(5-7-10)11-2-1-3-12(8-11)14-17/h1-8,17H,(H2,15,16). The number of rotatable bonds is 3. The van der Waals surface area contributed by atoms with Gasteiger partial charge in [0.1, 0.15) is 0 Å². The topological polar surface area (TPSA) is 63.3 Å². The maximum absolute atomic E-state index is 10.9. The van der Waals surface area contributed by atoms with Crippen LogP contribution in [-0.2, 0) is 0 Å². The minimum atomic E-state index is -0.436. The van der Waals surface area contributed by atoms with E-state index in [0.717, 1.165) is 24.1 Å². The van der Waals surface area contributed by atoms with Crippen LogP contribution in [0.3, 0.4) is 0 Å². The summed E-state index contributed by atoms with van der Waals surface area (Å²) in [6.45, 7) is 0. The summed E-state index contributed by atoms with van der Waals surface area (Å²) in [4.78, 5) is 10.9. The molecule has 2 aromatic carbocycles. The first-order valence-electron chi connectivity index (χ1n) is 5.18. The van der Waals surface area contributed by atoms with E-state index in [9.17, 15) is 4.79 Å². The highest BCUT2D eigenvalue weighted by Crippen LogP contribution is 2.18. The van der Waals surface area contributed by atoms with Gasteiger partial charge in [-0.15, -0.1) is 0 Å². The van der Waals surface area contributed by atoms with E-state index in [2.05, 4.69) is 0 Å². The van der Waals surface area contributed by atoms with E-state index in [1.165, 1.54) is 0 Å². The second kappa shape index (κ2) is 4.85. The molecular formula is C13H11BNO2. The lowest BCUT2D eigenvalue weighted by molar-refractivity contribution is 0.100. The molecule has 0 saturated carbocycles. The number of amides is 1. The van der Waals surface area contributed by atoms with Crippen molar-refractivity contribution in [1.82, 2.24) is 0 Å². The Kier molecular flexibility index (Phi) is 3.26. The summed E-state index contributed by atoms with van der Waals surface area (Å²) in [5.74, 6) is -0.436. The van der Waals surface area contributed by atoms with Crippen LogP contribution in [0.25, 0.3) is 11.1 Å². The van der Waals surface area contributed by atoms with Gasteiger partial charge >= 0.3 is 7.48 Å². The molecular weight excluding hydrogens is 213 g/mol. The SMILES string of the molecule is NC(=O)c1ccc(-c2cccc([B]O)c2)cc1. The second-order valence-corrected chi connectivity index (χ2v) is 3.70. The van der Waals surface area contributed by atoms with Crippen LogP contribution in [0, 0.1) is 0 Å². The van der Waals surface area contributed by atoms with Crippen LogP contribution in [0.15, 0.2) is 48.5 Å². The minimum absolute atomic E-state index is 0.436. The van der Waals surface area contributed by atoms with Gasteiger partial charge in [-0.3, -0.25) is 4.79 Å². The van der Waals surface area contributed by atoms with Crippen LogP contribution in [0.4, 0.5) is 0 Å². The molecule has 0 aromatic heterocycles. The number of hydrogen-bond donors (Lipinski definition) is 2. The van der Waals surface area contributed by atoms with Crippen molar-refractivity contribution in [2.75, 3.05) is 0 Å². The molecule has 3 N–H and O–H groups in total. The normalized spacial score (nSPS) is 9.94. The van der Waals surface area contributed by atoms with Crippen LogP contribution in [0.1, 0.15) is 10.4 Å². The zero-order valence-electron chi connectivity index (χ0n) is 9.13. The molecule has 0 spiro atoms. The van der Waals surface area contributed by atoms with Gasteiger partial charge in [-0.05, 0) is 23.3 Å². The van der Waals surface area contributed by atoms with Gasteiger partial charge in [0.2, 0.25) is 5.91 Å². The van der Waals surface area contributed by atoms with Crippen molar-refractivity contribution < 1.29 is 9.82 Å². The van der Waals surface area contributed by atoms with E-state index >= 15 is 0 Å². The summed E-state index contributed by atoms with van der Waals surface area (Å²) in [5.41, 5.74) is 8.34. The fraction of sp³-hybridized carbons (Fsp3) is 0. The molecule has 4 heteroatoms. The van der Waals surface area contributed by atoms with Gasteiger partial charge < -0.3 is 10.8 Å². The van der Waals surface area contributed by atoms with Crippen molar-refractivity contribution in [3.05, 3.63) is 54.1 Å². The van der Waals surface area contributed by atoms with Crippen LogP contribution in [0.2, 0.25) is 0 Å². The molecule has 0 unspecified atom stereocenters. The van der Waals surface area contributed by atoms with E-state index in [0.29, 0.717) is 5.56 Å². The van der Waals surface area contributed by atoms with Crippen LogP contribution < -0.4 is 11.2 Å². The number of nitrogens with two attached hydrogens (primary N) is 1. The molecule has 0 heterocycles. The highest BCUT2D eigenvalue weighted by molar-refractivity contribution is 6.45. The van der Waals surface area contributed by atoms with Gasteiger partial charge in [0, 0.05) is 5.56 Å². The van der Waals surface area contributed by atoms with Crippen molar-refractivity contribution >= 4 is 18.9 Å². The van der Waals surface area contributed by atoms with Gasteiger partial charge in [-0.1, -0.05) is 41.9 Å². The first kappa shape index (κ1) is 11.4. The van der Waals surface area contributed by atoms with Crippen molar-refractivity contribution in [2.45, 2.75) is 0 Å². The summed E-state index contributed by atoms with van der Waals surface area (Å²) in [5, 5.41) is 8.94. The van der Waals surface area contributed by atoms with Crippen LogP contribution in [-0.4, -0.2) is 18.4 Å². The number of benzene rings is 2. The molecule has 83 valence electrons. The molecule has 1 amide bonds. The average molecular weight is 224 g/mol. The smallest absolute Gasteiger partial charge is 0.326 e. The van der Waals surface area contributed by atoms with Crippen LogP contribution >= 0.6 is 0 Å². The van der Waals surface area contributed by atoms with E-state index in [-0.39, 0.29) is 0 Å². The number of hydrogen-bond acceptors (Lipinski definition) is 2. The highest BCUT2D eigenvalue weighted by Gasteiger charge is 2.02. The first-order chi connectivity index (χ1) is 8.20. The highest BCUT2D eigenvalue weighted by atomic mass is 16.2. The Morgan fingerprint density at radius 1 is 1.06 bits per heavy atom. The third-order valence-electron chi connectivity index (χ3n) is 2.54. The minimum Gasteiger partial charge on any atom is -0.450 e. The number of carbonyl (C=O) groups is 1. The van der Waals surface area contributed by atoms with E-state index < -0.39 is 5.91 Å². The first-order valence-corrected chi connectivity index (χ1v) is 5.18. The quantitative estimate of drug-likeness (QED) is 0.753. The molecule has 0 saturated heterocycles. The third-order valence-corrected chi connectivity index (χ3v) is 2.54. The lowest BCUT2D eigenvalue weighted by Crippen LogP contribution is -2.12. The zero-order valence-corrected chi connectivity index (χ0v) is 9.13. The maximum Gasteiger partial charge on any atom is 0.326 e. The predicted molar refractivity (Wildman–Crippen MR) is 68.0 cm³/mol. The molecule has 0 aliphatic carbocycles. The summed E-state index contributed by atoms with van der Waals surface area (Å²) in [7, 11) is 1.06. The Morgan fingerprint density at radius 2 is 1.76 bits per heavy atom. The molecule has 17 heavy (non-hydrogen) atoms. The molecule has 0 aliphatic rings. The molecule has 0 aliphatic heterocycles. The number of primary amides is 1. The molecule has 3 nitrogen and oxygen atoms in total. The fourth-order valence-corrected chi connectivity index (χ4v) is 1.63. The summed E-state index contributed by atoms with van der Waals surface area (Å²) >= 11 is 0. The van der Waals surface area contributed by atoms with Crippen molar-refractivity contribution in [3.8, 4) is 11.1 Å². The number of carbonyl (C=O) groups excluding carboxylic acids is 1. The van der Waals surface area contributed by atoms with Crippen molar-refractivity contribution in [2.24, 2.45) is 5.73 Å². The fourth-order valence-electron chi connectivity index (χ4n) is 1.63. The maximum atomic E-state index is 10.9. The van der Waals surface area contributed by atoms with Gasteiger partial charge in [-0.25, -0.2) is 0 Å². The van der Waals surface area contributed by atoms with E-state index in [1.807, 2.05) is 30.3 Å².